The number of hydrogen-bond acceptors (Lipinski definition) is 4. The Morgan fingerprint density at radius 1 is 0.862 bits per heavy atom. The maximum absolute atomic E-state index is 12.2. The first-order chi connectivity index (χ1) is 14.0. The quantitative estimate of drug-likeness (QED) is 0.681. The summed E-state index contributed by atoms with van der Waals surface area (Å²) in [7, 11) is 0. The normalized spacial score (nSPS) is 13.8. The monoisotopic (exact) mass is 395 g/mol. The highest BCUT2D eigenvalue weighted by Crippen LogP contribution is 2.22. The minimum atomic E-state index is -0.357. The van der Waals surface area contributed by atoms with Crippen LogP contribution in [0.25, 0.3) is 0 Å². The van der Waals surface area contributed by atoms with Crippen LogP contribution >= 0.6 is 0 Å². The minimum Gasteiger partial charge on any atom is -0.491 e. The first kappa shape index (κ1) is 20.7. The van der Waals surface area contributed by atoms with Gasteiger partial charge >= 0.3 is 0 Å². The Kier molecular flexibility index (Phi) is 7.11. The van der Waals surface area contributed by atoms with Crippen LogP contribution in [0.4, 0.5) is 17.1 Å². The average Bonchev–Trinajstić information content (AvgIpc) is 2.70. The molecule has 1 fully saturated rings. The summed E-state index contributed by atoms with van der Waals surface area (Å²) in [5.74, 6) is 0.0432. The van der Waals surface area contributed by atoms with Gasteiger partial charge in [0.1, 0.15) is 12.2 Å². The number of rotatable bonds is 7. The molecular weight excluding hydrogens is 366 g/mol. The molecule has 2 amide bonds. The molecule has 1 heterocycles. The zero-order valence-electron chi connectivity index (χ0n) is 17.1. The van der Waals surface area contributed by atoms with E-state index in [0.717, 1.165) is 18.8 Å². The van der Waals surface area contributed by atoms with E-state index >= 15 is 0 Å². The summed E-state index contributed by atoms with van der Waals surface area (Å²) in [6.07, 6.45) is 3.59. The molecule has 0 saturated carbocycles. The zero-order chi connectivity index (χ0) is 20.6. The van der Waals surface area contributed by atoms with Crippen LogP contribution in [0.2, 0.25) is 0 Å². The topological polar surface area (TPSA) is 70.7 Å². The molecule has 2 aromatic rings. The lowest BCUT2D eigenvalue weighted by atomic mass is 10.1. The molecule has 0 atom stereocenters. The summed E-state index contributed by atoms with van der Waals surface area (Å²) in [5, 5.41) is 5.51. The lowest BCUT2D eigenvalue weighted by Gasteiger charge is -2.28. The molecule has 29 heavy (non-hydrogen) atoms. The van der Waals surface area contributed by atoms with Gasteiger partial charge in [-0.1, -0.05) is 0 Å². The Morgan fingerprint density at radius 3 is 1.90 bits per heavy atom. The average molecular weight is 396 g/mol. The highest BCUT2D eigenvalue weighted by molar-refractivity contribution is 6.08. The van der Waals surface area contributed by atoms with Gasteiger partial charge in [-0.3, -0.25) is 9.59 Å². The van der Waals surface area contributed by atoms with Crippen LogP contribution in [0.5, 0.6) is 5.75 Å². The number of nitrogens with zero attached hydrogens (tertiary/aromatic N) is 1. The summed E-state index contributed by atoms with van der Waals surface area (Å²) in [6.45, 7) is 6.07. The van der Waals surface area contributed by atoms with Crippen LogP contribution in [0.3, 0.4) is 0 Å². The standard InChI is InChI=1S/C23H29N3O3/c1-17(2)29-21-12-8-19(9-13-21)25-23(28)16-22(27)24-18-6-10-20(11-7-18)26-14-4-3-5-15-26/h6-13,17H,3-5,14-16H2,1-2H3,(H,24,27)(H,25,28). The van der Waals surface area contributed by atoms with Gasteiger partial charge in [-0.25, -0.2) is 0 Å². The summed E-state index contributed by atoms with van der Waals surface area (Å²) in [6, 6.07) is 14.9. The van der Waals surface area contributed by atoms with Crippen molar-refractivity contribution in [2.45, 2.75) is 45.6 Å². The SMILES string of the molecule is CC(C)Oc1ccc(NC(=O)CC(=O)Nc2ccc(N3CCCCC3)cc2)cc1. The predicted octanol–water partition coefficient (Wildman–Crippen LogP) is 4.43. The van der Waals surface area contributed by atoms with Gasteiger partial charge < -0.3 is 20.3 Å². The van der Waals surface area contributed by atoms with Gasteiger partial charge in [-0.05, 0) is 81.6 Å². The van der Waals surface area contributed by atoms with Crippen molar-refractivity contribution in [2.75, 3.05) is 28.6 Å². The van der Waals surface area contributed by atoms with Gasteiger partial charge in [0.15, 0.2) is 0 Å². The van der Waals surface area contributed by atoms with E-state index < -0.39 is 0 Å². The second-order valence-corrected chi connectivity index (χ2v) is 7.56. The van der Waals surface area contributed by atoms with E-state index in [2.05, 4.69) is 15.5 Å². The number of nitrogens with one attached hydrogen (secondary N) is 2. The van der Waals surface area contributed by atoms with Crippen LogP contribution in [-0.2, 0) is 9.59 Å². The third kappa shape index (κ3) is 6.52. The van der Waals surface area contributed by atoms with E-state index in [1.165, 1.54) is 24.9 Å². The Balaban J connectivity index is 1.46. The van der Waals surface area contributed by atoms with Crippen LogP contribution in [0.15, 0.2) is 48.5 Å². The third-order valence-corrected chi connectivity index (χ3v) is 4.70. The number of ether oxygens (including phenoxy) is 1. The molecule has 0 aromatic heterocycles. The van der Waals surface area contributed by atoms with Crippen molar-refractivity contribution in [2.24, 2.45) is 0 Å². The van der Waals surface area contributed by atoms with Crippen LogP contribution in [0, 0.1) is 0 Å². The van der Waals surface area contributed by atoms with E-state index in [-0.39, 0.29) is 24.3 Å². The number of amides is 2. The largest absolute Gasteiger partial charge is 0.491 e. The Morgan fingerprint density at radius 2 is 1.38 bits per heavy atom. The lowest BCUT2D eigenvalue weighted by molar-refractivity contribution is -0.123. The Hall–Kier alpha value is -3.02. The summed E-state index contributed by atoms with van der Waals surface area (Å²) in [4.78, 5) is 26.7. The molecule has 0 unspecified atom stereocenters. The molecule has 1 aliphatic rings. The van der Waals surface area contributed by atoms with Gasteiger partial charge in [0, 0.05) is 30.2 Å². The van der Waals surface area contributed by atoms with Gasteiger partial charge in [0.2, 0.25) is 11.8 Å². The van der Waals surface area contributed by atoms with Gasteiger partial charge in [0.25, 0.3) is 0 Å². The highest BCUT2D eigenvalue weighted by atomic mass is 16.5. The van der Waals surface area contributed by atoms with E-state index in [4.69, 9.17) is 4.74 Å². The fourth-order valence-corrected chi connectivity index (χ4v) is 3.35. The van der Waals surface area contributed by atoms with Crippen molar-refractivity contribution < 1.29 is 14.3 Å². The predicted molar refractivity (Wildman–Crippen MR) is 117 cm³/mol. The third-order valence-electron chi connectivity index (χ3n) is 4.70. The highest BCUT2D eigenvalue weighted by Gasteiger charge is 2.13. The number of piperidine rings is 1. The molecule has 3 rings (SSSR count). The van der Waals surface area contributed by atoms with E-state index in [9.17, 15) is 9.59 Å². The van der Waals surface area contributed by atoms with Gasteiger partial charge in [-0.15, -0.1) is 0 Å². The number of anilines is 3. The Labute approximate surface area is 172 Å². The Bertz CT molecular complexity index is 810. The first-order valence-electron chi connectivity index (χ1n) is 10.2. The zero-order valence-corrected chi connectivity index (χ0v) is 17.1. The number of carbonyl (C=O) groups is 2. The molecule has 2 aromatic carbocycles. The summed E-state index contributed by atoms with van der Waals surface area (Å²) < 4.78 is 5.57. The number of benzene rings is 2. The summed E-state index contributed by atoms with van der Waals surface area (Å²) >= 11 is 0. The van der Waals surface area contributed by atoms with Crippen molar-refractivity contribution >= 4 is 28.9 Å². The molecule has 1 aliphatic heterocycles. The lowest BCUT2D eigenvalue weighted by Crippen LogP contribution is -2.29. The molecule has 2 N–H and O–H groups in total. The maximum Gasteiger partial charge on any atom is 0.233 e. The number of hydrogen-bond donors (Lipinski definition) is 2. The second kappa shape index (κ2) is 9.96. The molecule has 0 bridgehead atoms. The fourth-order valence-electron chi connectivity index (χ4n) is 3.35. The second-order valence-electron chi connectivity index (χ2n) is 7.56. The fraction of sp³-hybridized carbons (Fsp3) is 0.391. The molecular formula is C23H29N3O3. The smallest absolute Gasteiger partial charge is 0.233 e. The molecule has 6 heteroatoms. The van der Waals surface area contributed by atoms with Crippen molar-refractivity contribution in [3.63, 3.8) is 0 Å². The first-order valence-corrected chi connectivity index (χ1v) is 10.2. The van der Waals surface area contributed by atoms with Crippen molar-refractivity contribution in [1.29, 1.82) is 0 Å². The summed E-state index contributed by atoms with van der Waals surface area (Å²) in [5.41, 5.74) is 2.49. The van der Waals surface area contributed by atoms with E-state index in [1.807, 2.05) is 38.1 Å². The van der Waals surface area contributed by atoms with Gasteiger partial charge in [0.05, 0.1) is 6.10 Å². The van der Waals surface area contributed by atoms with Crippen LogP contribution in [-0.4, -0.2) is 31.0 Å². The van der Waals surface area contributed by atoms with Crippen LogP contribution in [0.1, 0.15) is 39.5 Å². The molecule has 0 radical (unpaired) electrons. The van der Waals surface area contributed by atoms with Crippen molar-refractivity contribution in [1.82, 2.24) is 0 Å². The van der Waals surface area contributed by atoms with Gasteiger partial charge in [-0.2, -0.15) is 0 Å². The van der Waals surface area contributed by atoms with Crippen molar-refractivity contribution in [3.8, 4) is 5.75 Å². The molecule has 0 spiro atoms. The molecule has 1 saturated heterocycles. The molecule has 0 aliphatic carbocycles. The minimum absolute atomic E-state index is 0.0908. The van der Waals surface area contributed by atoms with E-state index in [1.54, 1.807) is 24.3 Å². The molecule has 6 nitrogen and oxygen atoms in total. The maximum atomic E-state index is 12.2. The molecule has 154 valence electrons. The van der Waals surface area contributed by atoms with Crippen LogP contribution < -0.4 is 20.3 Å². The van der Waals surface area contributed by atoms with Crippen molar-refractivity contribution in [3.05, 3.63) is 48.5 Å². The number of carbonyl (C=O) groups excluding carboxylic acids is 2. The van der Waals surface area contributed by atoms with E-state index in [0.29, 0.717) is 11.4 Å².